The van der Waals surface area contributed by atoms with Gasteiger partial charge < -0.3 is 25.3 Å². The smallest absolute Gasteiger partial charge is 0.0701 e. The van der Waals surface area contributed by atoms with E-state index in [1.54, 1.807) is 0 Å². The maximum atomic E-state index is 5.41. The number of hydrogen-bond donors (Lipinski definition) is 2. The van der Waals surface area contributed by atoms with Gasteiger partial charge in [-0.15, -0.1) is 0 Å². The molecule has 0 saturated carbocycles. The molecule has 0 aliphatic rings. The third kappa shape index (κ3) is 15.8. The molecule has 0 heterocycles. The largest absolute Gasteiger partial charge is 0.378 e. The predicted molar refractivity (Wildman–Crippen MR) is 69.3 cm³/mol. The van der Waals surface area contributed by atoms with Gasteiger partial charge in [0.15, 0.2) is 0 Å². The summed E-state index contributed by atoms with van der Waals surface area (Å²) in [4.78, 5) is 0. The highest BCUT2D eigenvalue weighted by atomic mass is 16.5. The number of hydrogen-bond acceptors (Lipinski definition) is 5. The summed E-state index contributed by atoms with van der Waals surface area (Å²) in [7, 11) is 0. The van der Waals surface area contributed by atoms with E-state index in [1.165, 1.54) is 0 Å². The van der Waals surface area contributed by atoms with Crippen LogP contribution >= 0.6 is 0 Å². The Balaban J connectivity index is 2.99. The van der Waals surface area contributed by atoms with Crippen LogP contribution in [0.5, 0.6) is 0 Å². The molecule has 0 atom stereocenters. The van der Waals surface area contributed by atoms with Crippen molar-refractivity contribution in [2.45, 2.75) is 26.3 Å². The Morgan fingerprint density at radius 3 is 1.76 bits per heavy atom. The minimum absolute atomic E-state index is 0.153. The van der Waals surface area contributed by atoms with Crippen molar-refractivity contribution in [3.63, 3.8) is 0 Å². The molecular weight excluding hydrogens is 220 g/mol. The fourth-order valence-corrected chi connectivity index (χ4v) is 1.12. The van der Waals surface area contributed by atoms with Gasteiger partial charge in [-0.2, -0.15) is 0 Å². The standard InChI is InChI=1S/C12H28N2O3/c1-12(2,3)14-5-7-16-9-11-17-10-8-15-6-4-13/h14H,4-11,13H2,1-3H3. The molecule has 3 N–H and O–H groups in total. The van der Waals surface area contributed by atoms with Crippen molar-refractivity contribution in [3.05, 3.63) is 0 Å². The SMILES string of the molecule is CC(C)(C)NCCOCCOCCOCCN. The van der Waals surface area contributed by atoms with Crippen LogP contribution in [0.4, 0.5) is 0 Å². The highest BCUT2D eigenvalue weighted by Crippen LogP contribution is 1.96. The van der Waals surface area contributed by atoms with E-state index in [4.69, 9.17) is 19.9 Å². The first-order valence-electron chi connectivity index (χ1n) is 6.24. The fourth-order valence-electron chi connectivity index (χ4n) is 1.12. The number of ether oxygens (including phenoxy) is 3. The quantitative estimate of drug-likeness (QED) is 0.518. The highest BCUT2D eigenvalue weighted by Gasteiger charge is 2.06. The molecule has 0 saturated heterocycles. The van der Waals surface area contributed by atoms with E-state index in [1.807, 2.05) is 0 Å². The van der Waals surface area contributed by atoms with Crippen LogP contribution in [0.1, 0.15) is 20.8 Å². The average Bonchev–Trinajstić information content (AvgIpc) is 2.24. The van der Waals surface area contributed by atoms with E-state index >= 15 is 0 Å². The van der Waals surface area contributed by atoms with Crippen LogP contribution in [0.25, 0.3) is 0 Å². The van der Waals surface area contributed by atoms with Crippen LogP contribution in [-0.4, -0.2) is 58.3 Å². The summed E-state index contributed by atoms with van der Waals surface area (Å²) >= 11 is 0. The second kappa shape index (κ2) is 10.9. The topological polar surface area (TPSA) is 65.7 Å². The third-order valence-electron chi connectivity index (χ3n) is 1.91. The molecule has 0 aliphatic carbocycles. The first-order valence-corrected chi connectivity index (χ1v) is 6.24. The van der Waals surface area contributed by atoms with Gasteiger partial charge in [-0.25, -0.2) is 0 Å². The summed E-state index contributed by atoms with van der Waals surface area (Å²) in [5.74, 6) is 0. The minimum atomic E-state index is 0.153. The lowest BCUT2D eigenvalue weighted by molar-refractivity contribution is 0.0160. The third-order valence-corrected chi connectivity index (χ3v) is 1.91. The van der Waals surface area contributed by atoms with E-state index in [0.29, 0.717) is 46.2 Å². The Labute approximate surface area is 105 Å². The van der Waals surface area contributed by atoms with Crippen LogP contribution in [-0.2, 0) is 14.2 Å². The molecule has 0 aliphatic heterocycles. The molecule has 0 amide bonds. The molecule has 5 nitrogen and oxygen atoms in total. The monoisotopic (exact) mass is 248 g/mol. The first-order chi connectivity index (χ1) is 8.06. The summed E-state index contributed by atoms with van der Waals surface area (Å²) in [6, 6.07) is 0. The van der Waals surface area contributed by atoms with Gasteiger partial charge in [0.2, 0.25) is 0 Å². The van der Waals surface area contributed by atoms with Gasteiger partial charge >= 0.3 is 0 Å². The van der Waals surface area contributed by atoms with Gasteiger partial charge in [0.05, 0.1) is 39.6 Å². The predicted octanol–water partition coefficient (Wildman–Crippen LogP) is 0.383. The molecule has 17 heavy (non-hydrogen) atoms. The molecule has 0 rings (SSSR count). The van der Waals surface area contributed by atoms with Crippen molar-refractivity contribution in [2.24, 2.45) is 5.73 Å². The number of nitrogens with one attached hydrogen (secondary N) is 1. The molecule has 0 bridgehead atoms. The zero-order chi connectivity index (χ0) is 13.0. The van der Waals surface area contributed by atoms with Gasteiger partial charge in [0.25, 0.3) is 0 Å². The minimum Gasteiger partial charge on any atom is -0.378 e. The molecule has 0 aromatic heterocycles. The van der Waals surface area contributed by atoms with E-state index in [9.17, 15) is 0 Å². The van der Waals surface area contributed by atoms with Crippen LogP contribution in [0.3, 0.4) is 0 Å². The van der Waals surface area contributed by atoms with E-state index in [0.717, 1.165) is 6.54 Å². The van der Waals surface area contributed by atoms with E-state index in [-0.39, 0.29) is 5.54 Å². The van der Waals surface area contributed by atoms with Crippen molar-refractivity contribution < 1.29 is 14.2 Å². The van der Waals surface area contributed by atoms with Crippen molar-refractivity contribution >= 4 is 0 Å². The summed E-state index contributed by atoms with van der Waals surface area (Å²) in [5.41, 5.74) is 5.43. The lowest BCUT2D eigenvalue weighted by Crippen LogP contribution is -2.38. The number of nitrogens with two attached hydrogens (primary N) is 1. The molecule has 5 heteroatoms. The molecule has 0 aromatic carbocycles. The molecule has 0 fully saturated rings. The van der Waals surface area contributed by atoms with Crippen LogP contribution in [0.15, 0.2) is 0 Å². The Kier molecular flexibility index (Phi) is 10.8. The Bertz CT molecular complexity index is 160. The molecule has 0 radical (unpaired) electrons. The van der Waals surface area contributed by atoms with Gasteiger partial charge in [0, 0.05) is 18.6 Å². The molecule has 0 aromatic rings. The summed E-state index contributed by atoms with van der Waals surface area (Å²) in [5, 5.41) is 3.35. The Morgan fingerprint density at radius 2 is 1.29 bits per heavy atom. The Morgan fingerprint density at radius 1 is 0.824 bits per heavy atom. The lowest BCUT2D eigenvalue weighted by Gasteiger charge is -2.20. The summed E-state index contributed by atoms with van der Waals surface area (Å²) in [6.45, 7) is 11.6. The fraction of sp³-hybridized carbons (Fsp3) is 1.00. The van der Waals surface area contributed by atoms with Crippen LogP contribution in [0.2, 0.25) is 0 Å². The maximum Gasteiger partial charge on any atom is 0.0701 e. The highest BCUT2D eigenvalue weighted by molar-refractivity contribution is 4.69. The van der Waals surface area contributed by atoms with Crippen molar-refractivity contribution in [2.75, 3.05) is 52.7 Å². The van der Waals surface area contributed by atoms with Crippen molar-refractivity contribution in [3.8, 4) is 0 Å². The average molecular weight is 248 g/mol. The summed E-state index contributed by atoms with van der Waals surface area (Å²) in [6.07, 6.45) is 0. The van der Waals surface area contributed by atoms with Gasteiger partial charge in [-0.3, -0.25) is 0 Å². The first kappa shape index (κ1) is 16.8. The van der Waals surface area contributed by atoms with Crippen LogP contribution in [0, 0.1) is 0 Å². The van der Waals surface area contributed by atoms with Crippen molar-refractivity contribution in [1.29, 1.82) is 0 Å². The zero-order valence-corrected chi connectivity index (χ0v) is 11.5. The van der Waals surface area contributed by atoms with E-state index in [2.05, 4.69) is 26.1 Å². The van der Waals surface area contributed by atoms with Gasteiger partial charge in [-0.1, -0.05) is 0 Å². The van der Waals surface area contributed by atoms with Crippen LogP contribution < -0.4 is 11.1 Å². The Hall–Kier alpha value is -0.200. The lowest BCUT2D eigenvalue weighted by atomic mass is 10.1. The normalized spacial score (nSPS) is 12.0. The second-order valence-electron chi connectivity index (χ2n) is 4.80. The van der Waals surface area contributed by atoms with Gasteiger partial charge in [0.1, 0.15) is 0 Å². The second-order valence-corrected chi connectivity index (χ2v) is 4.80. The maximum absolute atomic E-state index is 5.41. The zero-order valence-electron chi connectivity index (χ0n) is 11.5. The van der Waals surface area contributed by atoms with E-state index < -0.39 is 0 Å². The number of rotatable bonds is 11. The summed E-state index contributed by atoms with van der Waals surface area (Å²) < 4.78 is 15.9. The van der Waals surface area contributed by atoms with Gasteiger partial charge in [-0.05, 0) is 20.8 Å². The van der Waals surface area contributed by atoms with Crippen molar-refractivity contribution in [1.82, 2.24) is 5.32 Å². The molecular formula is C12H28N2O3. The molecule has 104 valence electrons. The molecule has 0 spiro atoms. The molecule has 0 unspecified atom stereocenters.